The van der Waals surface area contributed by atoms with Gasteiger partial charge >= 0.3 is 25.7 Å². The second-order valence-electron chi connectivity index (χ2n) is 18.7. The van der Waals surface area contributed by atoms with Crippen LogP contribution in [0.2, 0.25) is 0 Å². The molecule has 2 N–H and O–H groups in total. The minimum Gasteiger partial charge on any atom is -0.462 e. The number of ether oxygens (including phenoxy) is 3. The van der Waals surface area contributed by atoms with Gasteiger partial charge in [0, 0.05) is 19.3 Å². The number of hydrogen-bond acceptors (Lipinski definition) is 10. The Balaban J connectivity index is 4.80. The average molecular weight is 1030 g/mol. The molecule has 0 rings (SSSR count). The highest BCUT2D eigenvalue weighted by molar-refractivity contribution is 7.47. The van der Waals surface area contributed by atoms with Gasteiger partial charge < -0.3 is 24.2 Å². The van der Waals surface area contributed by atoms with E-state index in [1.807, 2.05) is 0 Å². The van der Waals surface area contributed by atoms with Crippen LogP contribution in [0, 0.1) is 0 Å². The van der Waals surface area contributed by atoms with Gasteiger partial charge in [-0.25, -0.2) is 4.57 Å². The third-order valence-electron chi connectivity index (χ3n) is 11.8. The summed E-state index contributed by atoms with van der Waals surface area (Å²) in [4.78, 5) is 48.5. The first kappa shape index (κ1) is 68.7. The first-order valence-electron chi connectivity index (χ1n) is 28.5. The van der Waals surface area contributed by atoms with Crippen LogP contribution in [-0.2, 0) is 42.2 Å². The Labute approximate surface area is 439 Å². The molecule has 0 aromatic heterocycles. The maximum Gasteiger partial charge on any atom is 0.472 e. The molecule has 414 valence electrons. The van der Waals surface area contributed by atoms with Crippen molar-refractivity contribution in [2.75, 3.05) is 26.4 Å². The van der Waals surface area contributed by atoms with Gasteiger partial charge in [-0.05, 0) is 109 Å². The number of allylic oxidation sites excluding steroid dienone is 14. The van der Waals surface area contributed by atoms with Gasteiger partial charge in [-0.15, -0.1) is 0 Å². The summed E-state index contributed by atoms with van der Waals surface area (Å²) in [6.07, 6.45) is 61.1. The first-order valence-corrected chi connectivity index (χ1v) is 30.0. The highest BCUT2D eigenvalue weighted by Gasteiger charge is 2.28. The van der Waals surface area contributed by atoms with Crippen molar-refractivity contribution in [2.45, 2.75) is 251 Å². The zero-order valence-electron chi connectivity index (χ0n) is 45.6. The average Bonchev–Trinajstić information content (AvgIpc) is 3.37. The Hall–Kier alpha value is -3.34. The van der Waals surface area contributed by atoms with Crippen molar-refractivity contribution < 1.29 is 52.2 Å². The van der Waals surface area contributed by atoms with Gasteiger partial charge in [0.15, 0.2) is 6.10 Å². The molecule has 0 amide bonds. The van der Waals surface area contributed by atoms with E-state index in [1.165, 1.54) is 51.4 Å². The zero-order chi connectivity index (χ0) is 52.7. The third kappa shape index (κ3) is 51.6. The van der Waals surface area contributed by atoms with Crippen LogP contribution in [0.4, 0.5) is 0 Å². The summed E-state index contributed by atoms with van der Waals surface area (Å²) in [5.74, 6) is -1.51. The molecule has 0 radical (unpaired) electrons. The Morgan fingerprint density at radius 1 is 0.403 bits per heavy atom. The molecule has 0 aliphatic rings. The summed E-state index contributed by atoms with van der Waals surface area (Å²) in [6, 6.07) is 0. The van der Waals surface area contributed by atoms with Gasteiger partial charge in [0.05, 0.1) is 19.8 Å². The highest BCUT2D eigenvalue weighted by Crippen LogP contribution is 2.43. The normalized spacial score (nSPS) is 14.0. The number of rotatable bonds is 52. The number of phosphoric acid groups is 1. The lowest BCUT2D eigenvalue weighted by Crippen LogP contribution is -2.30. The topological polar surface area (TPSA) is 155 Å². The number of carbonyl (C=O) groups excluding carboxylic acids is 3. The monoisotopic (exact) mass is 1030 g/mol. The predicted molar refractivity (Wildman–Crippen MR) is 298 cm³/mol. The van der Waals surface area contributed by atoms with Crippen LogP contribution >= 0.6 is 7.82 Å². The molecule has 0 saturated carbocycles. The maximum atomic E-state index is 12.9. The van der Waals surface area contributed by atoms with Crippen LogP contribution in [0.25, 0.3) is 0 Å². The number of aliphatic hydroxyl groups excluding tert-OH is 1. The molecule has 0 saturated heterocycles. The standard InChI is InChI=1S/C60H103O11P/c1-4-7-10-13-16-19-22-24-26-28-30-32-35-37-40-43-46-49-58(62)67-53-57(71-60(64)51-48-45-42-39-36-33-31-29-27-25-23-20-17-14-11-8-5-2)55-69-72(65,66)68-54-56(52-61)70-59(63)50-47-44-41-38-34-21-18-15-12-9-6-3/h8,11,15-20,24-27,31,33,56-57,61H,4-7,9-10,12-14,21-23,28-30,32,34-55H2,1-3H3,(H,65,66)/b11-8-,18-15-,19-16-,20-17-,26-24-,27-25-,33-31-. The molecule has 72 heavy (non-hydrogen) atoms. The molecule has 0 aliphatic heterocycles. The molecule has 11 nitrogen and oxygen atoms in total. The van der Waals surface area contributed by atoms with E-state index in [-0.39, 0.29) is 25.9 Å². The van der Waals surface area contributed by atoms with Crippen LogP contribution < -0.4 is 0 Å². The van der Waals surface area contributed by atoms with Crippen molar-refractivity contribution in [3.05, 3.63) is 85.1 Å². The number of phosphoric ester groups is 1. The molecule has 0 spiro atoms. The van der Waals surface area contributed by atoms with Crippen LogP contribution in [-0.4, -0.2) is 66.5 Å². The predicted octanol–water partition coefficient (Wildman–Crippen LogP) is 16.7. The summed E-state index contributed by atoms with van der Waals surface area (Å²) >= 11 is 0. The summed E-state index contributed by atoms with van der Waals surface area (Å²) < 4.78 is 39.4. The molecule has 3 atom stereocenters. The van der Waals surface area contributed by atoms with Crippen LogP contribution in [0.15, 0.2) is 85.1 Å². The molecule has 0 aromatic carbocycles. The molecule has 3 unspecified atom stereocenters. The smallest absolute Gasteiger partial charge is 0.462 e. The molecular formula is C60H103O11P. The lowest BCUT2D eigenvalue weighted by atomic mass is 10.1. The van der Waals surface area contributed by atoms with E-state index in [9.17, 15) is 28.9 Å². The number of aliphatic hydroxyl groups is 1. The molecule has 0 heterocycles. The van der Waals surface area contributed by atoms with Gasteiger partial charge in [0.25, 0.3) is 0 Å². The van der Waals surface area contributed by atoms with Crippen LogP contribution in [0.1, 0.15) is 239 Å². The van der Waals surface area contributed by atoms with E-state index in [0.29, 0.717) is 19.3 Å². The molecule has 0 fully saturated rings. The summed E-state index contributed by atoms with van der Waals surface area (Å²) in [5, 5.41) is 9.79. The second-order valence-corrected chi connectivity index (χ2v) is 20.2. The molecule has 0 aromatic rings. The minimum atomic E-state index is -4.76. The number of hydrogen-bond donors (Lipinski definition) is 2. The lowest BCUT2D eigenvalue weighted by Gasteiger charge is -2.21. The van der Waals surface area contributed by atoms with Crippen molar-refractivity contribution >= 4 is 25.7 Å². The van der Waals surface area contributed by atoms with E-state index in [4.69, 9.17) is 23.3 Å². The van der Waals surface area contributed by atoms with Gasteiger partial charge in [-0.1, -0.05) is 196 Å². The van der Waals surface area contributed by atoms with Crippen molar-refractivity contribution in [1.29, 1.82) is 0 Å². The van der Waals surface area contributed by atoms with Crippen molar-refractivity contribution in [3.63, 3.8) is 0 Å². The van der Waals surface area contributed by atoms with Gasteiger partial charge in [-0.3, -0.25) is 23.4 Å². The molecule has 12 heteroatoms. The fraction of sp³-hybridized carbons (Fsp3) is 0.717. The van der Waals surface area contributed by atoms with E-state index in [1.54, 1.807) is 0 Å². The van der Waals surface area contributed by atoms with E-state index in [2.05, 4.69) is 106 Å². The van der Waals surface area contributed by atoms with E-state index >= 15 is 0 Å². The summed E-state index contributed by atoms with van der Waals surface area (Å²) in [5.41, 5.74) is 0. The van der Waals surface area contributed by atoms with Crippen molar-refractivity contribution in [3.8, 4) is 0 Å². The fourth-order valence-corrected chi connectivity index (χ4v) is 8.20. The maximum absolute atomic E-state index is 12.9. The minimum absolute atomic E-state index is 0.135. The van der Waals surface area contributed by atoms with Gasteiger partial charge in [0.1, 0.15) is 12.7 Å². The van der Waals surface area contributed by atoms with Crippen LogP contribution in [0.5, 0.6) is 0 Å². The van der Waals surface area contributed by atoms with E-state index in [0.717, 1.165) is 128 Å². The summed E-state index contributed by atoms with van der Waals surface area (Å²) in [6.45, 7) is 4.42. The molecule has 0 bridgehead atoms. The quantitative estimate of drug-likeness (QED) is 0.0197. The number of esters is 3. The zero-order valence-corrected chi connectivity index (χ0v) is 46.5. The first-order chi connectivity index (χ1) is 35.2. The Morgan fingerprint density at radius 2 is 0.736 bits per heavy atom. The highest BCUT2D eigenvalue weighted by atomic mass is 31.2. The molecular weight excluding hydrogens is 928 g/mol. The van der Waals surface area contributed by atoms with E-state index < -0.39 is 57.8 Å². The van der Waals surface area contributed by atoms with Gasteiger partial charge in [0.2, 0.25) is 0 Å². The lowest BCUT2D eigenvalue weighted by molar-refractivity contribution is -0.161. The Bertz CT molecular complexity index is 1530. The SMILES string of the molecule is CC/C=C\C/C=C\C/C=C\C/C=C\CCCCCCC(=O)OC(COC(=O)CCCCCCCCC/C=C\C/C=C\CCCCC)COP(=O)(O)OCC(CO)OC(=O)CCCCCCC/C=C\CCCC. The molecule has 0 aliphatic carbocycles. The fourth-order valence-electron chi connectivity index (χ4n) is 7.42. The third-order valence-corrected chi connectivity index (χ3v) is 12.7. The number of unbranched alkanes of at least 4 members (excludes halogenated alkanes) is 21. The van der Waals surface area contributed by atoms with Crippen LogP contribution in [0.3, 0.4) is 0 Å². The summed E-state index contributed by atoms with van der Waals surface area (Å²) in [7, 11) is -4.76. The Morgan fingerprint density at radius 3 is 1.17 bits per heavy atom. The van der Waals surface area contributed by atoms with Crippen molar-refractivity contribution in [2.24, 2.45) is 0 Å². The second kappa shape index (κ2) is 53.9. The largest absolute Gasteiger partial charge is 0.472 e. The van der Waals surface area contributed by atoms with Crippen molar-refractivity contribution in [1.82, 2.24) is 0 Å². The Kier molecular flexibility index (Phi) is 51.4. The van der Waals surface area contributed by atoms with Gasteiger partial charge in [-0.2, -0.15) is 0 Å². The number of carbonyl (C=O) groups is 3.